The van der Waals surface area contributed by atoms with Gasteiger partial charge in [-0.15, -0.1) is 0 Å². The number of benzene rings is 1. The smallest absolute Gasteiger partial charge is 0.339 e. The first-order chi connectivity index (χ1) is 7.59. The van der Waals surface area contributed by atoms with Crippen LogP contribution in [0.3, 0.4) is 0 Å². The van der Waals surface area contributed by atoms with E-state index in [9.17, 15) is 9.90 Å². The Balaban J connectivity index is 2.34. The van der Waals surface area contributed by atoms with Crippen molar-refractivity contribution in [2.75, 3.05) is 17.2 Å². The zero-order valence-electron chi connectivity index (χ0n) is 8.30. The molecule has 0 atom stereocenters. The highest BCUT2D eigenvalue weighted by Crippen LogP contribution is 2.29. The van der Waals surface area contributed by atoms with Gasteiger partial charge in [0.25, 0.3) is 0 Å². The number of phenols is 1. The molecule has 1 heterocycles. The summed E-state index contributed by atoms with van der Waals surface area (Å²) in [6, 6.07) is 4.33. The van der Waals surface area contributed by atoms with Crippen molar-refractivity contribution in [3.8, 4) is 5.75 Å². The number of anilines is 1. The Morgan fingerprint density at radius 2 is 2.25 bits per heavy atom. The second kappa shape index (κ2) is 4.05. The molecule has 84 valence electrons. The maximum atomic E-state index is 10.7. The van der Waals surface area contributed by atoms with Gasteiger partial charge in [-0.25, -0.2) is 4.79 Å². The lowest BCUT2D eigenvalue weighted by molar-refractivity contribution is 0.0694. The lowest BCUT2D eigenvalue weighted by Crippen LogP contribution is -2.22. The van der Waals surface area contributed by atoms with Crippen molar-refractivity contribution in [3.05, 3.63) is 23.8 Å². The highest BCUT2D eigenvalue weighted by atomic mass is 32.2. The Morgan fingerprint density at radius 1 is 1.50 bits per heavy atom. The van der Waals surface area contributed by atoms with Crippen molar-refractivity contribution in [2.45, 2.75) is 0 Å². The van der Waals surface area contributed by atoms with Crippen LogP contribution in [-0.2, 0) is 0 Å². The van der Waals surface area contributed by atoms with E-state index in [4.69, 9.17) is 10.5 Å². The Hall–Kier alpha value is -1.69. The van der Waals surface area contributed by atoms with Gasteiger partial charge in [-0.1, -0.05) is 11.8 Å². The molecule has 1 saturated heterocycles. The summed E-state index contributed by atoms with van der Waals surface area (Å²) < 4.78 is 0. The van der Waals surface area contributed by atoms with Crippen molar-refractivity contribution in [1.29, 1.82) is 5.41 Å². The second-order valence-corrected chi connectivity index (χ2v) is 4.40. The number of hydrogen-bond donors (Lipinski definition) is 3. The number of nitrogens with one attached hydrogen (secondary N) is 1. The number of amidine groups is 1. The molecule has 0 saturated carbocycles. The van der Waals surface area contributed by atoms with Crippen LogP contribution in [-0.4, -0.2) is 33.6 Å². The van der Waals surface area contributed by atoms with Crippen LogP contribution in [0.25, 0.3) is 0 Å². The Bertz CT molecular complexity index is 461. The van der Waals surface area contributed by atoms with E-state index in [2.05, 4.69) is 0 Å². The largest absolute Gasteiger partial charge is 0.507 e. The quantitative estimate of drug-likeness (QED) is 0.728. The van der Waals surface area contributed by atoms with Crippen molar-refractivity contribution in [2.24, 2.45) is 0 Å². The van der Waals surface area contributed by atoms with Gasteiger partial charge in [0.15, 0.2) is 5.17 Å². The molecule has 1 aromatic carbocycles. The van der Waals surface area contributed by atoms with Crippen LogP contribution in [0, 0.1) is 5.41 Å². The van der Waals surface area contributed by atoms with Crippen molar-refractivity contribution >= 4 is 28.6 Å². The van der Waals surface area contributed by atoms with Crippen LogP contribution in [0.1, 0.15) is 10.4 Å². The number of rotatable bonds is 2. The first-order valence-electron chi connectivity index (χ1n) is 4.65. The lowest BCUT2D eigenvalue weighted by Gasteiger charge is -2.17. The van der Waals surface area contributed by atoms with Gasteiger partial charge in [0.05, 0.1) is 0 Å². The van der Waals surface area contributed by atoms with Crippen molar-refractivity contribution in [3.63, 3.8) is 0 Å². The highest BCUT2D eigenvalue weighted by molar-refractivity contribution is 8.14. The highest BCUT2D eigenvalue weighted by Gasteiger charge is 2.20. The fourth-order valence-electron chi connectivity index (χ4n) is 1.53. The van der Waals surface area contributed by atoms with Crippen molar-refractivity contribution < 1.29 is 15.0 Å². The summed E-state index contributed by atoms with van der Waals surface area (Å²) in [5, 5.41) is 26.3. The Labute approximate surface area is 96.2 Å². The zero-order chi connectivity index (χ0) is 11.7. The van der Waals surface area contributed by atoms with Gasteiger partial charge in [0, 0.05) is 24.1 Å². The minimum atomic E-state index is -1.16. The molecule has 3 N–H and O–H groups in total. The van der Waals surface area contributed by atoms with Crippen LogP contribution < -0.4 is 4.90 Å². The van der Waals surface area contributed by atoms with Crippen LogP contribution in [0.15, 0.2) is 18.2 Å². The molecule has 0 radical (unpaired) electrons. The molecule has 1 aromatic rings. The lowest BCUT2D eigenvalue weighted by atomic mass is 10.1. The number of carbonyl (C=O) groups is 1. The molecular weight excluding hydrogens is 228 g/mol. The molecule has 1 aliphatic heterocycles. The number of hydrogen-bond acceptors (Lipinski definition) is 4. The predicted octanol–water partition coefficient (Wildman–Crippen LogP) is 1.58. The molecule has 1 aliphatic rings. The number of nitrogens with zero attached hydrogens (tertiary/aromatic N) is 1. The minimum Gasteiger partial charge on any atom is -0.507 e. The van der Waals surface area contributed by atoms with E-state index in [1.54, 1.807) is 11.0 Å². The van der Waals surface area contributed by atoms with E-state index in [0.717, 1.165) is 5.75 Å². The SMILES string of the molecule is N=C1SCCN1c1ccc(C(=O)O)c(O)c1. The first kappa shape index (κ1) is 10.8. The monoisotopic (exact) mass is 238 g/mol. The minimum absolute atomic E-state index is 0.123. The molecule has 6 heteroatoms. The molecule has 1 fully saturated rings. The number of carboxylic acids is 1. The third-order valence-electron chi connectivity index (χ3n) is 2.32. The van der Waals surface area contributed by atoms with E-state index < -0.39 is 5.97 Å². The van der Waals surface area contributed by atoms with E-state index in [0.29, 0.717) is 17.4 Å². The summed E-state index contributed by atoms with van der Waals surface area (Å²) in [5.74, 6) is -0.593. The molecule has 0 bridgehead atoms. The summed E-state index contributed by atoms with van der Waals surface area (Å²) in [5.41, 5.74) is 0.527. The van der Waals surface area contributed by atoms with Crippen LogP contribution >= 0.6 is 11.8 Å². The van der Waals surface area contributed by atoms with E-state index in [1.807, 2.05) is 0 Å². The van der Waals surface area contributed by atoms with Gasteiger partial charge in [-0.05, 0) is 12.1 Å². The number of carboxylic acid groups (broad SMARTS) is 1. The normalized spacial score (nSPS) is 15.5. The van der Waals surface area contributed by atoms with Crippen LogP contribution in [0.4, 0.5) is 5.69 Å². The fraction of sp³-hybridized carbons (Fsp3) is 0.200. The topological polar surface area (TPSA) is 84.6 Å². The molecule has 0 amide bonds. The molecule has 2 rings (SSSR count). The van der Waals surface area contributed by atoms with E-state index in [-0.39, 0.29) is 11.3 Å². The summed E-state index contributed by atoms with van der Waals surface area (Å²) in [7, 11) is 0. The third-order valence-corrected chi connectivity index (χ3v) is 3.20. The van der Waals surface area contributed by atoms with E-state index in [1.165, 1.54) is 23.9 Å². The fourth-order valence-corrected chi connectivity index (χ4v) is 2.35. The average Bonchev–Trinajstić information content (AvgIpc) is 2.63. The summed E-state index contributed by atoms with van der Waals surface area (Å²) in [4.78, 5) is 12.4. The average molecular weight is 238 g/mol. The Kier molecular flexibility index (Phi) is 2.74. The summed E-state index contributed by atoms with van der Waals surface area (Å²) in [6.45, 7) is 0.704. The molecule has 0 unspecified atom stereocenters. The molecule has 16 heavy (non-hydrogen) atoms. The van der Waals surface area contributed by atoms with Gasteiger partial charge in [-0.2, -0.15) is 0 Å². The van der Waals surface area contributed by atoms with E-state index >= 15 is 0 Å². The van der Waals surface area contributed by atoms with Crippen LogP contribution in [0.2, 0.25) is 0 Å². The van der Waals surface area contributed by atoms with Gasteiger partial charge < -0.3 is 15.1 Å². The number of thioether (sulfide) groups is 1. The van der Waals surface area contributed by atoms with Gasteiger partial charge in [0.2, 0.25) is 0 Å². The molecule has 0 aromatic heterocycles. The molecule has 5 nitrogen and oxygen atoms in total. The standard InChI is InChI=1S/C10H10N2O3S/c11-10-12(3-4-16-10)6-1-2-7(9(14)15)8(13)5-6/h1-2,5,11,13H,3-4H2,(H,14,15). The Morgan fingerprint density at radius 3 is 2.75 bits per heavy atom. The first-order valence-corrected chi connectivity index (χ1v) is 5.63. The molecular formula is C10H10N2O3S. The van der Waals surface area contributed by atoms with Gasteiger partial charge in [-0.3, -0.25) is 5.41 Å². The van der Waals surface area contributed by atoms with Crippen LogP contribution in [0.5, 0.6) is 5.75 Å². The second-order valence-electron chi connectivity index (χ2n) is 3.31. The van der Waals surface area contributed by atoms with Gasteiger partial charge in [0.1, 0.15) is 11.3 Å². The predicted molar refractivity (Wildman–Crippen MR) is 62.6 cm³/mol. The summed E-state index contributed by atoms with van der Waals surface area (Å²) in [6.07, 6.45) is 0. The molecule has 0 spiro atoms. The molecule has 0 aliphatic carbocycles. The maximum Gasteiger partial charge on any atom is 0.339 e. The number of aromatic hydroxyl groups is 1. The summed E-state index contributed by atoms with van der Waals surface area (Å²) >= 11 is 1.43. The zero-order valence-corrected chi connectivity index (χ0v) is 9.12. The maximum absolute atomic E-state index is 10.7. The van der Waals surface area contributed by atoms with Gasteiger partial charge >= 0.3 is 5.97 Å². The van der Waals surface area contributed by atoms with Crippen molar-refractivity contribution in [1.82, 2.24) is 0 Å². The number of aromatic carboxylic acids is 1. The third kappa shape index (κ3) is 1.83.